The van der Waals surface area contributed by atoms with Crippen molar-refractivity contribution < 1.29 is 4.74 Å². The van der Waals surface area contributed by atoms with Gasteiger partial charge < -0.3 is 15.4 Å². The Kier molecular flexibility index (Phi) is 9.51. The Balaban J connectivity index is 0.00000196. The number of nitrogens with two attached hydrogens (primary N) is 1. The summed E-state index contributed by atoms with van der Waals surface area (Å²) in [6, 6.07) is 0. The molecule has 0 saturated carbocycles. The fourth-order valence-corrected chi connectivity index (χ4v) is 2.00. The monoisotopic (exact) mass is 236 g/mol. The van der Waals surface area contributed by atoms with Gasteiger partial charge in [-0.15, -0.1) is 12.4 Å². The molecule has 15 heavy (non-hydrogen) atoms. The summed E-state index contributed by atoms with van der Waals surface area (Å²) in [6.07, 6.45) is 4.08. The van der Waals surface area contributed by atoms with Gasteiger partial charge in [-0.3, -0.25) is 0 Å². The zero-order chi connectivity index (χ0) is 10.2. The first-order valence-electron chi connectivity index (χ1n) is 5.87. The average Bonchev–Trinajstić information content (AvgIpc) is 2.25. The quantitative estimate of drug-likeness (QED) is 0.711. The Labute approximate surface area is 99.7 Å². The second kappa shape index (κ2) is 9.40. The molecule has 1 aliphatic rings. The minimum atomic E-state index is 0. The van der Waals surface area contributed by atoms with Crippen LogP contribution in [-0.2, 0) is 4.74 Å². The first-order valence-corrected chi connectivity index (χ1v) is 5.87. The molecule has 3 nitrogen and oxygen atoms in total. The first-order chi connectivity index (χ1) is 6.86. The van der Waals surface area contributed by atoms with E-state index in [0.29, 0.717) is 13.2 Å². The second-order valence-corrected chi connectivity index (χ2v) is 4.09. The van der Waals surface area contributed by atoms with Gasteiger partial charge >= 0.3 is 0 Å². The lowest BCUT2D eigenvalue weighted by Gasteiger charge is -2.31. The van der Waals surface area contributed by atoms with Crippen molar-refractivity contribution in [2.45, 2.75) is 26.2 Å². The molecular formula is C11H25ClN2O. The molecule has 0 aromatic rings. The lowest BCUT2D eigenvalue weighted by atomic mass is 9.94. The number of ether oxygens (including phenoxy) is 1. The highest BCUT2D eigenvalue weighted by Crippen LogP contribution is 2.19. The summed E-state index contributed by atoms with van der Waals surface area (Å²) in [4.78, 5) is 2.50. The van der Waals surface area contributed by atoms with Crippen LogP contribution in [0.2, 0.25) is 0 Å². The number of hydrogen-bond donors (Lipinski definition) is 1. The third-order valence-corrected chi connectivity index (χ3v) is 3.10. The summed E-state index contributed by atoms with van der Waals surface area (Å²) in [7, 11) is 0. The molecule has 4 heteroatoms. The molecule has 0 aliphatic carbocycles. The van der Waals surface area contributed by atoms with E-state index in [2.05, 4.69) is 11.8 Å². The molecule has 1 fully saturated rings. The van der Waals surface area contributed by atoms with Gasteiger partial charge in [0.05, 0.1) is 13.2 Å². The number of piperidine rings is 1. The third kappa shape index (κ3) is 6.36. The highest BCUT2D eigenvalue weighted by molar-refractivity contribution is 5.85. The van der Waals surface area contributed by atoms with Crippen molar-refractivity contribution in [1.82, 2.24) is 4.90 Å². The van der Waals surface area contributed by atoms with E-state index in [9.17, 15) is 0 Å². The molecule has 0 bridgehead atoms. The van der Waals surface area contributed by atoms with Crippen molar-refractivity contribution in [3.8, 4) is 0 Å². The zero-order valence-corrected chi connectivity index (χ0v) is 10.6. The van der Waals surface area contributed by atoms with Crippen molar-refractivity contribution in [3.05, 3.63) is 0 Å². The highest BCUT2D eigenvalue weighted by Gasteiger charge is 2.16. The normalized spacial score (nSPS) is 18.8. The van der Waals surface area contributed by atoms with Crippen LogP contribution in [0, 0.1) is 5.92 Å². The molecule has 0 atom stereocenters. The topological polar surface area (TPSA) is 38.5 Å². The van der Waals surface area contributed by atoms with Crippen LogP contribution in [0.1, 0.15) is 26.2 Å². The molecule has 1 heterocycles. The summed E-state index contributed by atoms with van der Waals surface area (Å²) in [6.45, 7) is 8.06. The van der Waals surface area contributed by atoms with Crippen molar-refractivity contribution in [2.24, 2.45) is 11.7 Å². The van der Waals surface area contributed by atoms with Gasteiger partial charge in [-0.2, -0.15) is 0 Å². The van der Waals surface area contributed by atoms with Crippen LogP contribution in [0.4, 0.5) is 0 Å². The minimum Gasteiger partial charge on any atom is -0.379 e. The van der Waals surface area contributed by atoms with Gasteiger partial charge in [0.2, 0.25) is 0 Å². The maximum Gasteiger partial charge on any atom is 0.0594 e. The van der Waals surface area contributed by atoms with Gasteiger partial charge in [0, 0.05) is 13.1 Å². The van der Waals surface area contributed by atoms with Gasteiger partial charge in [-0.05, 0) is 31.8 Å². The molecule has 0 amide bonds. The predicted octanol–water partition coefficient (Wildman–Crippen LogP) is 1.51. The smallest absolute Gasteiger partial charge is 0.0594 e. The van der Waals surface area contributed by atoms with Gasteiger partial charge in [-0.25, -0.2) is 0 Å². The van der Waals surface area contributed by atoms with Crippen LogP contribution >= 0.6 is 12.4 Å². The largest absolute Gasteiger partial charge is 0.379 e. The van der Waals surface area contributed by atoms with Crippen LogP contribution in [-0.4, -0.2) is 44.3 Å². The Morgan fingerprint density at radius 1 is 1.27 bits per heavy atom. The first kappa shape index (κ1) is 15.2. The molecule has 1 aliphatic heterocycles. The van der Waals surface area contributed by atoms with E-state index >= 15 is 0 Å². The Bertz CT molecular complexity index is 139. The van der Waals surface area contributed by atoms with Gasteiger partial charge in [-0.1, -0.05) is 13.3 Å². The summed E-state index contributed by atoms with van der Waals surface area (Å²) < 4.78 is 5.37. The number of nitrogens with zero attached hydrogens (tertiary/aromatic N) is 1. The maximum atomic E-state index is 5.37. The lowest BCUT2D eigenvalue weighted by Crippen LogP contribution is -2.36. The van der Waals surface area contributed by atoms with Crippen LogP contribution in [0.15, 0.2) is 0 Å². The fourth-order valence-electron chi connectivity index (χ4n) is 2.00. The molecule has 1 saturated heterocycles. The van der Waals surface area contributed by atoms with E-state index in [-0.39, 0.29) is 12.4 Å². The van der Waals surface area contributed by atoms with E-state index in [1.807, 2.05) is 0 Å². The molecule has 92 valence electrons. The summed E-state index contributed by atoms with van der Waals surface area (Å²) in [5.41, 5.74) is 5.35. The highest BCUT2D eigenvalue weighted by atomic mass is 35.5. The molecule has 2 N–H and O–H groups in total. The Morgan fingerprint density at radius 2 is 1.93 bits per heavy atom. The minimum absolute atomic E-state index is 0. The summed E-state index contributed by atoms with van der Waals surface area (Å²) in [5.74, 6) is 0.969. The lowest BCUT2D eigenvalue weighted by molar-refractivity contribution is 0.0922. The molecule has 0 spiro atoms. The molecule has 0 aromatic carbocycles. The fraction of sp³-hybridized carbons (Fsp3) is 1.00. The predicted molar refractivity (Wildman–Crippen MR) is 66.6 cm³/mol. The molecular weight excluding hydrogens is 212 g/mol. The van der Waals surface area contributed by atoms with Crippen molar-refractivity contribution in [1.29, 1.82) is 0 Å². The van der Waals surface area contributed by atoms with Crippen molar-refractivity contribution in [3.63, 3.8) is 0 Å². The van der Waals surface area contributed by atoms with E-state index in [0.717, 1.165) is 19.1 Å². The maximum absolute atomic E-state index is 5.37. The van der Waals surface area contributed by atoms with Crippen LogP contribution in [0.25, 0.3) is 0 Å². The zero-order valence-electron chi connectivity index (χ0n) is 9.78. The van der Waals surface area contributed by atoms with E-state index in [1.165, 1.54) is 32.4 Å². The van der Waals surface area contributed by atoms with Crippen LogP contribution < -0.4 is 5.73 Å². The van der Waals surface area contributed by atoms with Crippen molar-refractivity contribution >= 4 is 12.4 Å². The Morgan fingerprint density at radius 3 is 2.47 bits per heavy atom. The van der Waals surface area contributed by atoms with E-state index in [1.54, 1.807) is 0 Å². The second-order valence-electron chi connectivity index (χ2n) is 4.09. The molecule has 0 radical (unpaired) electrons. The summed E-state index contributed by atoms with van der Waals surface area (Å²) >= 11 is 0. The van der Waals surface area contributed by atoms with Crippen LogP contribution in [0.3, 0.4) is 0 Å². The number of halogens is 1. The van der Waals surface area contributed by atoms with E-state index in [4.69, 9.17) is 10.5 Å². The molecule has 0 unspecified atom stereocenters. The van der Waals surface area contributed by atoms with Gasteiger partial charge in [0.1, 0.15) is 0 Å². The average molecular weight is 237 g/mol. The molecule has 1 rings (SSSR count). The van der Waals surface area contributed by atoms with Crippen molar-refractivity contribution in [2.75, 3.05) is 39.4 Å². The van der Waals surface area contributed by atoms with Crippen LogP contribution in [0.5, 0.6) is 0 Å². The Hall–Kier alpha value is 0.170. The summed E-state index contributed by atoms with van der Waals surface area (Å²) in [5, 5.41) is 0. The standard InChI is InChI=1S/C11H24N2O.ClH/c1-2-11-3-6-13(7-4-11)8-10-14-9-5-12;/h11H,2-10,12H2,1H3;1H. The van der Waals surface area contributed by atoms with Gasteiger partial charge in [0.25, 0.3) is 0 Å². The third-order valence-electron chi connectivity index (χ3n) is 3.10. The SMILES string of the molecule is CCC1CCN(CCOCCN)CC1.Cl. The number of rotatable bonds is 6. The molecule has 0 aromatic heterocycles. The van der Waals surface area contributed by atoms with Gasteiger partial charge in [0.15, 0.2) is 0 Å². The number of likely N-dealkylation sites (tertiary alicyclic amines) is 1. The van der Waals surface area contributed by atoms with E-state index < -0.39 is 0 Å². The number of hydrogen-bond acceptors (Lipinski definition) is 3.